The second kappa shape index (κ2) is 6.37. The summed E-state index contributed by atoms with van der Waals surface area (Å²) in [5, 5.41) is 9.53. The molecular weight excluding hydrogens is 234 g/mol. The van der Waals surface area contributed by atoms with Gasteiger partial charge < -0.3 is 9.84 Å². The van der Waals surface area contributed by atoms with Crippen LogP contribution in [0.3, 0.4) is 0 Å². The number of hydrogen-bond donors (Lipinski definition) is 2. The number of amides is 1. The molecule has 2 rings (SSSR count). The van der Waals surface area contributed by atoms with Gasteiger partial charge in [0.15, 0.2) is 6.29 Å². The van der Waals surface area contributed by atoms with Gasteiger partial charge in [0, 0.05) is 18.6 Å². The van der Waals surface area contributed by atoms with Gasteiger partial charge in [-0.25, -0.2) is 10.3 Å². The number of aromatic hydroxyl groups is 1. The Hall–Kier alpha value is -1.59. The van der Waals surface area contributed by atoms with Crippen LogP contribution in [0.5, 0.6) is 5.75 Å². The minimum atomic E-state index is -0.355. The van der Waals surface area contributed by atoms with E-state index >= 15 is 0 Å². The zero-order valence-electron chi connectivity index (χ0n) is 10.1. The van der Waals surface area contributed by atoms with Crippen LogP contribution in [0.15, 0.2) is 24.3 Å². The third-order valence-corrected chi connectivity index (χ3v) is 2.78. The van der Waals surface area contributed by atoms with E-state index in [1.807, 2.05) is 0 Å². The average molecular weight is 251 g/mol. The van der Waals surface area contributed by atoms with E-state index in [0.717, 1.165) is 19.3 Å². The molecular formula is C13H17NO4. The van der Waals surface area contributed by atoms with Crippen molar-refractivity contribution in [1.82, 2.24) is 5.48 Å². The fraction of sp³-hybridized carbons (Fsp3) is 0.462. The lowest BCUT2D eigenvalue weighted by Crippen LogP contribution is -2.33. The van der Waals surface area contributed by atoms with Crippen molar-refractivity contribution in [2.75, 3.05) is 6.61 Å². The lowest BCUT2D eigenvalue weighted by atomic mass is 10.1. The summed E-state index contributed by atoms with van der Waals surface area (Å²) in [4.78, 5) is 16.8. The van der Waals surface area contributed by atoms with Crippen molar-refractivity contribution in [3.63, 3.8) is 0 Å². The lowest BCUT2D eigenvalue weighted by molar-refractivity contribution is -0.200. The minimum absolute atomic E-state index is 0.0827. The number of hydroxylamine groups is 1. The maximum Gasteiger partial charge on any atom is 0.248 e. The fourth-order valence-electron chi connectivity index (χ4n) is 1.80. The van der Waals surface area contributed by atoms with Gasteiger partial charge in [0.1, 0.15) is 5.75 Å². The quantitative estimate of drug-likeness (QED) is 0.796. The molecule has 1 aromatic rings. The van der Waals surface area contributed by atoms with E-state index < -0.39 is 0 Å². The molecule has 1 aliphatic rings. The molecule has 0 aliphatic carbocycles. The first-order valence-corrected chi connectivity index (χ1v) is 6.08. The number of para-hydroxylation sites is 1. The highest BCUT2D eigenvalue weighted by Gasteiger charge is 2.16. The van der Waals surface area contributed by atoms with Crippen LogP contribution in [-0.4, -0.2) is 23.9 Å². The molecule has 0 bridgehead atoms. The molecule has 98 valence electrons. The molecule has 5 nitrogen and oxygen atoms in total. The number of phenols is 1. The third-order valence-electron chi connectivity index (χ3n) is 2.78. The molecule has 5 heteroatoms. The monoisotopic (exact) mass is 251 g/mol. The Morgan fingerprint density at radius 1 is 1.44 bits per heavy atom. The third kappa shape index (κ3) is 3.72. The summed E-state index contributed by atoms with van der Waals surface area (Å²) in [6, 6.07) is 6.73. The smallest absolute Gasteiger partial charge is 0.248 e. The standard InChI is InChI=1S/C13H17NO4/c15-11-6-2-1-5-10(11)9-12(16)14-18-13-7-3-4-8-17-13/h1-2,5-6,13,15H,3-4,7-9H2,(H,14,16)/t13-/m0/s1. The maximum absolute atomic E-state index is 11.6. The minimum Gasteiger partial charge on any atom is -0.508 e. The van der Waals surface area contributed by atoms with E-state index in [2.05, 4.69) is 5.48 Å². The molecule has 1 aliphatic heterocycles. The van der Waals surface area contributed by atoms with Gasteiger partial charge in [-0.15, -0.1) is 0 Å². The summed E-state index contributed by atoms with van der Waals surface area (Å²) < 4.78 is 5.32. The SMILES string of the molecule is O=C(Cc1ccccc1O)NO[C@H]1CCCCO1. The van der Waals surface area contributed by atoms with Crippen molar-refractivity contribution in [3.05, 3.63) is 29.8 Å². The fourth-order valence-corrected chi connectivity index (χ4v) is 1.80. The molecule has 1 heterocycles. The molecule has 1 aromatic carbocycles. The number of benzene rings is 1. The highest BCUT2D eigenvalue weighted by atomic mass is 16.8. The van der Waals surface area contributed by atoms with E-state index in [4.69, 9.17) is 9.57 Å². The number of phenolic OH excluding ortho intramolecular Hbond substituents is 1. The number of hydrogen-bond acceptors (Lipinski definition) is 4. The van der Waals surface area contributed by atoms with Crippen molar-refractivity contribution < 1.29 is 19.5 Å². The van der Waals surface area contributed by atoms with Gasteiger partial charge in [-0.05, 0) is 18.9 Å². The van der Waals surface area contributed by atoms with Crippen LogP contribution in [0.4, 0.5) is 0 Å². The number of carbonyl (C=O) groups excluding carboxylic acids is 1. The number of nitrogens with one attached hydrogen (secondary N) is 1. The van der Waals surface area contributed by atoms with Gasteiger partial charge >= 0.3 is 0 Å². The van der Waals surface area contributed by atoms with Crippen LogP contribution in [0.2, 0.25) is 0 Å². The van der Waals surface area contributed by atoms with E-state index in [0.29, 0.717) is 12.2 Å². The Labute approximate surface area is 106 Å². The van der Waals surface area contributed by atoms with Gasteiger partial charge in [-0.2, -0.15) is 0 Å². The first kappa shape index (κ1) is 12.9. The van der Waals surface area contributed by atoms with E-state index in [-0.39, 0.29) is 24.4 Å². The molecule has 2 N–H and O–H groups in total. The highest BCUT2D eigenvalue weighted by Crippen LogP contribution is 2.16. The van der Waals surface area contributed by atoms with Crippen molar-refractivity contribution in [1.29, 1.82) is 0 Å². The van der Waals surface area contributed by atoms with E-state index in [1.165, 1.54) is 0 Å². The molecule has 0 saturated carbocycles. The van der Waals surface area contributed by atoms with E-state index in [1.54, 1.807) is 24.3 Å². The summed E-state index contributed by atoms with van der Waals surface area (Å²) >= 11 is 0. The van der Waals surface area contributed by atoms with Gasteiger partial charge in [0.2, 0.25) is 5.91 Å². The molecule has 0 aromatic heterocycles. The van der Waals surface area contributed by atoms with Crippen LogP contribution >= 0.6 is 0 Å². The van der Waals surface area contributed by atoms with Crippen LogP contribution in [0.1, 0.15) is 24.8 Å². The summed E-state index contributed by atoms with van der Waals surface area (Å²) in [6.07, 6.45) is 2.59. The molecule has 1 amide bonds. The zero-order valence-corrected chi connectivity index (χ0v) is 10.1. The number of rotatable bonds is 4. The van der Waals surface area contributed by atoms with Crippen LogP contribution in [-0.2, 0) is 20.8 Å². The molecule has 18 heavy (non-hydrogen) atoms. The molecule has 0 unspecified atom stereocenters. The summed E-state index contributed by atoms with van der Waals surface area (Å²) in [6.45, 7) is 0.667. The Morgan fingerprint density at radius 2 is 2.28 bits per heavy atom. The first-order chi connectivity index (χ1) is 8.75. The van der Waals surface area contributed by atoms with Crippen molar-refractivity contribution in [2.24, 2.45) is 0 Å². The molecule has 1 fully saturated rings. The van der Waals surface area contributed by atoms with Crippen molar-refractivity contribution >= 4 is 5.91 Å². The van der Waals surface area contributed by atoms with Crippen LogP contribution < -0.4 is 5.48 Å². The Kier molecular flexibility index (Phi) is 4.55. The largest absolute Gasteiger partial charge is 0.508 e. The molecule has 0 radical (unpaired) electrons. The van der Waals surface area contributed by atoms with Gasteiger partial charge in [-0.3, -0.25) is 4.79 Å². The second-order valence-electron chi connectivity index (χ2n) is 4.24. The first-order valence-electron chi connectivity index (χ1n) is 6.08. The Bertz CT molecular complexity index is 402. The average Bonchev–Trinajstić information content (AvgIpc) is 2.40. The lowest BCUT2D eigenvalue weighted by Gasteiger charge is -2.22. The number of ether oxygens (including phenoxy) is 1. The topological polar surface area (TPSA) is 67.8 Å². The van der Waals surface area contributed by atoms with Gasteiger partial charge in [0.05, 0.1) is 6.42 Å². The summed E-state index contributed by atoms with van der Waals surface area (Å²) in [5.74, 6) is -0.188. The second-order valence-corrected chi connectivity index (χ2v) is 4.24. The normalized spacial score (nSPS) is 19.4. The Morgan fingerprint density at radius 3 is 3.00 bits per heavy atom. The molecule has 0 spiro atoms. The highest BCUT2D eigenvalue weighted by molar-refractivity contribution is 5.78. The van der Waals surface area contributed by atoms with Gasteiger partial charge in [0.25, 0.3) is 0 Å². The van der Waals surface area contributed by atoms with Crippen molar-refractivity contribution in [2.45, 2.75) is 32.0 Å². The summed E-state index contributed by atoms with van der Waals surface area (Å²) in [5.41, 5.74) is 2.93. The number of carbonyl (C=O) groups is 1. The summed E-state index contributed by atoms with van der Waals surface area (Å²) in [7, 11) is 0. The maximum atomic E-state index is 11.6. The predicted molar refractivity (Wildman–Crippen MR) is 64.6 cm³/mol. The molecule has 1 saturated heterocycles. The van der Waals surface area contributed by atoms with Crippen LogP contribution in [0, 0.1) is 0 Å². The van der Waals surface area contributed by atoms with Gasteiger partial charge in [-0.1, -0.05) is 18.2 Å². The Balaban J connectivity index is 1.76. The zero-order chi connectivity index (χ0) is 12.8. The van der Waals surface area contributed by atoms with Crippen LogP contribution in [0.25, 0.3) is 0 Å². The predicted octanol–water partition coefficient (Wildman–Crippen LogP) is 1.51. The van der Waals surface area contributed by atoms with Crippen molar-refractivity contribution in [3.8, 4) is 5.75 Å². The van der Waals surface area contributed by atoms with E-state index in [9.17, 15) is 9.90 Å². The molecule has 1 atom stereocenters.